The number of carbonyl (C=O) groups excluding carboxylic acids is 2. The molecule has 1 saturated heterocycles. The van der Waals surface area contributed by atoms with E-state index in [9.17, 15) is 18.4 Å². The van der Waals surface area contributed by atoms with Gasteiger partial charge in [0.15, 0.2) is 11.6 Å². The first-order valence-corrected chi connectivity index (χ1v) is 9.21. The van der Waals surface area contributed by atoms with E-state index >= 15 is 0 Å². The van der Waals surface area contributed by atoms with Crippen LogP contribution in [0.3, 0.4) is 0 Å². The number of nitrogens with one attached hydrogen (secondary N) is 2. The molecule has 6 nitrogen and oxygen atoms in total. The van der Waals surface area contributed by atoms with Gasteiger partial charge in [-0.15, -0.1) is 0 Å². The van der Waals surface area contributed by atoms with Gasteiger partial charge in [0.1, 0.15) is 0 Å². The maximum atomic E-state index is 13.9. The topological polar surface area (TPSA) is 70.7 Å². The maximum Gasteiger partial charge on any atom is 0.237 e. The minimum atomic E-state index is -0.924. The lowest BCUT2D eigenvalue weighted by atomic mass is 10.1. The van der Waals surface area contributed by atoms with Gasteiger partial charge in [0.05, 0.1) is 18.6 Å². The predicted molar refractivity (Wildman–Crippen MR) is 96.9 cm³/mol. The first kappa shape index (κ1) is 21.2. The van der Waals surface area contributed by atoms with Crippen molar-refractivity contribution in [3.05, 3.63) is 35.4 Å². The average molecular weight is 383 g/mol. The summed E-state index contributed by atoms with van der Waals surface area (Å²) in [5.41, 5.74) is 0.168. The molecule has 8 heteroatoms. The van der Waals surface area contributed by atoms with Crippen molar-refractivity contribution in [3.8, 4) is 0 Å². The fraction of sp³-hybridized carbons (Fsp3) is 0.579. The monoisotopic (exact) mass is 383 g/mol. The highest BCUT2D eigenvalue weighted by atomic mass is 19.2. The van der Waals surface area contributed by atoms with E-state index in [1.165, 1.54) is 12.1 Å². The van der Waals surface area contributed by atoms with Gasteiger partial charge in [0.25, 0.3) is 0 Å². The molecule has 0 radical (unpaired) electrons. The molecule has 0 aliphatic carbocycles. The van der Waals surface area contributed by atoms with Gasteiger partial charge in [-0.3, -0.25) is 14.5 Å². The van der Waals surface area contributed by atoms with E-state index in [4.69, 9.17) is 4.74 Å². The summed E-state index contributed by atoms with van der Waals surface area (Å²) in [5.74, 6) is -2.38. The Morgan fingerprint density at radius 2 is 2.19 bits per heavy atom. The number of halogens is 2. The molecule has 0 bridgehead atoms. The molecule has 0 unspecified atom stereocenters. The summed E-state index contributed by atoms with van der Waals surface area (Å²) >= 11 is 0. The van der Waals surface area contributed by atoms with Gasteiger partial charge in [-0.1, -0.05) is 12.1 Å². The Balaban J connectivity index is 1.90. The fourth-order valence-corrected chi connectivity index (χ4v) is 2.93. The number of rotatable bonds is 9. The third-order valence-electron chi connectivity index (χ3n) is 4.32. The number of piperazine rings is 1. The van der Waals surface area contributed by atoms with E-state index in [1.54, 1.807) is 4.90 Å². The van der Waals surface area contributed by atoms with Crippen molar-refractivity contribution in [1.29, 1.82) is 0 Å². The van der Waals surface area contributed by atoms with E-state index in [1.807, 2.05) is 13.8 Å². The molecule has 1 fully saturated rings. The standard InChI is InChI=1S/C19H27F2N3O3/c1-13(2)27-10-4-7-22-17(25)11-16-19(26)23-8-9-24(16)12-14-5-3-6-15(20)18(14)21/h3,5-6,13,16H,4,7-12H2,1-2H3,(H,22,25)(H,23,26)/t16-/m1/s1. The van der Waals surface area contributed by atoms with Crippen LogP contribution in [0.5, 0.6) is 0 Å². The lowest BCUT2D eigenvalue weighted by Crippen LogP contribution is -2.56. The Kier molecular flexibility index (Phi) is 8.12. The van der Waals surface area contributed by atoms with Gasteiger partial charge in [-0.05, 0) is 26.3 Å². The highest BCUT2D eigenvalue weighted by Gasteiger charge is 2.32. The van der Waals surface area contributed by atoms with E-state index < -0.39 is 17.7 Å². The third-order valence-corrected chi connectivity index (χ3v) is 4.32. The summed E-state index contributed by atoms with van der Waals surface area (Å²) in [6.07, 6.45) is 0.788. The van der Waals surface area contributed by atoms with Crippen LogP contribution in [0.4, 0.5) is 8.78 Å². The van der Waals surface area contributed by atoms with Gasteiger partial charge < -0.3 is 15.4 Å². The zero-order chi connectivity index (χ0) is 19.8. The number of nitrogens with zero attached hydrogens (tertiary/aromatic N) is 1. The van der Waals surface area contributed by atoms with Crippen molar-refractivity contribution in [2.24, 2.45) is 0 Å². The predicted octanol–water partition coefficient (Wildman–Crippen LogP) is 1.59. The number of benzene rings is 1. The van der Waals surface area contributed by atoms with Gasteiger partial charge in [-0.2, -0.15) is 0 Å². The SMILES string of the molecule is CC(C)OCCCNC(=O)C[C@@H]1C(=O)NCCN1Cc1cccc(F)c1F. The quantitative estimate of drug-likeness (QED) is 0.636. The Hall–Kier alpha value is -2.06. The van der Waals surface area contributed by atoms with Gasteiger partial charge in [0, 0.05) is 38.3 Å². The first-order valence-electron chi connectivity index (χ1n) is 9.21. The van der Waals surface area contributed by atoms with Crippen molar-refractivity contribution in [3.63, 3.8) is 0 Å². The molecule has 2 rings (SSSR count). The van der Waals surface area contributed by atoms with Crippen LogP contribution in [0, 0.1) is 11.6 Å². The van der Waals surface area contributed by atoms with Gasteiger partial charge in [-0.25, -0.2) is 8.78 Å². The van der Waals surface area contributed by atoms with Crippen LogP contribution < -0.4 is 10.6 Å². The highest BCUT2D eigenvalue weighted by Crippen LogP contribution is 2.18. The Morgan fingerprint density at radius 1 is 1.41 bits per heavy atom. The fourth-order valence-electron chi connectivity index (χ4n) is 2.93. The second-order valence-electron chi connectivity index (χ2n) is 6.82. The molecular formula is C19H27F2N3O3. The molecule has 27 heavy (non-hydrogen) atoms. The van der Waals surface area contributed by atoms with Crippen LogP contribution in [-0.4, -0.2) is 55.1 Å². The van der Waals surface area contributed by atoms with Crippen LogP contribution in [0.25, 0.3) is 0 Å². The lowest BCUT2D eigenvalue weighted by Gasteiger charge is -2.34. The molecule has 1 aliphatic rings. The molecule has 1 aromatic rings. The zero-order valence-corrected chi connectivity index (χ0v) is 15.8. The lowest BCUT2D eigenvalue weighted by molar-refractivity contribution is -0.134. The molecule has 150 valence electrons. The molecule has 2 amide bonds. The summed E-state index contributed by atoms with van der Waals surface area (Å²) in [4.78, 5) is 26.1. The second kappa shape index (κ2) is 10.3. The largest absolute Gasteiger partial charge is 0.379 e. The zero-order valence-electron chi connectivity index (χ0n) is 15.8. The molecule has 1 atom stereocenters. The average Bonchev–Trinajstić information content (AvgIpc) is 2.61. The smallest absolute Gasteiger partial charge is 0.237 e. The molecule has 1 heterocycles. The number of ether oxygens (including phenoxy) is 1. The summed E-state index contributed by atoms with van der Waals surface area (Å²) in [6, 6.07) is 3.25. The molecular weight excluding hydrogens is 356 g/mol. The summed E-state index contributed by atoms with van der Waals surface area (Å²) in [7, 11) is 0. The molecule has 2 N–H and O–H groups in total. The minimum absolute atomic E-state index is 0.0339. The number of hydrogen-bond donors (Lipinski definition) is 2. The Labute approximate surface area is 158 Å². The van der Waals surface area contributed by atoms with Crippen LogP contribution in [0.2, 0.25) is 0 Å². The molecule has 0 saturated carbocycles. The molecule has 1 aliphatic heterocycles. The highest BCUT2D eigenvalue weighted by molar-refractivity contribution is 5.88. The van der Waals surface area contributed by atoms with Gasteiger partial charge >= 0.3 is 0 Å². The normalized spacial score (nSPS) is 17.8. The third kappa shape index (κ3) is 6.55. The number of amides is 2. The Morgan fingerprint density at radius 3 is 2.93 bits per heavy atom. The maximum absolute atomic E-state index is 13.9. The van der Waals surface area contributed by atoms with Crippen molar-refractivity contribution in [2.75, 3.05) is 26.2 Å². The first-order chi connectivity index (χ1) is 12.9. The van der Waals surface area contributed by atoms with Crippen LogP contribution in [-0.2, 0) is 20.9 Å². The second-order valence-corrected chi connectivity index (χ2v) is 6.82. The summed E-state index contributed by atoms with van der Waals surface area (Å²) in [6.45, 7) is 5.82. The van der Waals surface area contributed by atoms with Gasteiger partial charge in [0.2, 0.25) is 11.8 Å². The van der Waals surface area contributed by atoms with Crippen molar-refractivity contribution >= 4 is 11.8 Å². The number of carbonyl (C=O) groups is 2. The summed E-state index contributed by atoms with van der Waals surface area (Å²) < 4.78 is 32.8. The summed E-state index contributed by atoms with van der Waals surface area (Å²) in [5, 5.41) is 5.49. The van der Waals surface area contributed by atoms with Crippen molar-refractivity contribution < 1.29 is 23.1 Å². The Bertz CT molecular complexity index is 655. The van der Waals surface area contributed by atoms with E-state index in [0.717, 1.165) is 6.07 Å². The van der Waals surface area contributed by atoms with Crippen molar-refractivity contribution in [1.82, 2.24) is 15.5 Å². The minimum Gasteiger partial charge on any atom is -0.379 e. The molecule has 0 aromatic heterocycles. The van der Waals surface area contributed by atoms with E-state index in [-0.39, 0.29) is 36.4 Å². The van der Waals surface area contributed by atoms with E-state index in [0.29, 0.717) is 32.7 Å². The van der Waals surface area contributed by atoms with Crippen LogP contribution in [0.1, 0.15) is 32.3 Å². The molecule has 1 aromatic carbocycles. The van der Waals surface area contributed by atoms with Crippen LogP contribution >= 0.6 is 0 Å². The van der Waals surface area contributed by atoms with E-state index in [2.05, 4.69) is 10.6 Å². The number of hydrogen-bond acceptors (Lipinski definition) is 4. The molecule has 0 spiro atoms. The van der Waals surface area contributed by atoms with Crippen molar-refractivity contribution in [2.45, 2.75) is 45.4 Å². The van der Waals surface area contributed by atoms with Crippen LogP contribution in [0.15, 0.2) is 18.2 Å².